The zero-order valence-corrected chi connectivity index (χ0v) is 17.3. The van der Waals surface area contributed by atoms with Crippen LogP contribution in [0.4, 0.5) is 5.69 Å². The SMILES string of the molecule is CCCCCC(O)c1ccc(N2C(=O)CC[C@@H]2COc2ccc(C(=O)O)cc2)cc1. The van der Waals surface area contributed by atoms with Gasteiger partial charge < -0.3 is 19.8 Å². The number of nitrogens with zero attached hydrogens (tertiary/aromatic N) is 1. The van der Waals surface area contributed by atoms with E-state index in [1.807, 2.05) is 24.3 Å². The lowest BCUT2D eigenvalue weighted by Gasteiger charge is -2.25. The van der Waals surface area contributed by atoms with Gasteiger partial charge in [-0.25, -0.2) is 4.79 Å². The Labute approximate surface area is 177 Å². The molecule has 1 heterocycles. The normalized spacial score (nSPS) is 17.2. The maximum atomic E-state index is 12.5. The zero-order valence-electron chi connectivity index (χ0n) is 17.3. The number of aliphatic hydroxyl groups excluding tert-OH is 1. The van der Waals surface area contributed by atoms with E-state index in [0.717, 1.165) is 36.9 Å². The molecule has 0 bridgehead atoms. The van der Waals surface area contributed by atoms with Gasteiger partial charge in [-0.05, 0) is 54.8 Å². The number of carbonyl (C=O) groups excluding carboxylic acids is 1. The van der Waals surface area contributed by atoms with Crippen LogP contribution in [0.5, 0.6) is 5.75 Å². The van der Waals surface area contributed by atoms with Crippen molar-refractivity contribution < 1.29 is 24.5 Å². The number of ether oxygens (including phenoxy) is 1. The number of hydrogen-bond acceptors (Lipinski definition) is 4. The molecule has 1 unspecified atom stereocenters. The maximum Gasteiger partial charge on any atom is 0.335 e. The molecule has 2 aromatic rings. The quantitative estimate of drug-likeness (QED) is 0.559. The van der Waals surface area contributed by atoms with Gasteiger partial charge in [-0.3, -0.25) is 4.79 Å². The van der Waals surface area contributed by atoms with Crippen LogP contribution in [0.25, 0.3) is 0 Å². The smallest absolute Gasteiger partial charge is 0.335 e. The van der Waals surface area contributed by atoms with Crippen LogP contribution in [-0.2, 0) is 4.79 Å². The van der Waals surface area contributed by atoms with E-state index in [1.54, 1.807) is 17.0 Å². The van der Waals surface area contributed by atoms with E-state index in [0.29, 0.717) is 25.2 Å². The first-order chi connectivity index (χ1) is 14.5. The molecule has 0 aromatic heterocycles. The van der Waals surface area contributed by atoms with Crippen molar-refractivity contribution in [1.82, 2.24) is 0 Å². The fourth-order valence-electron chi connectivity index (χ4n) is 3.75. The Morgan fingerprint density at radius 3 is 2.47 bits per heavy atom. The Balaban J connectivity index is 1.62. The lowest BCUT2D eigenvalue weighted by atomic mass is 10.0. The molecule has 160 valence electrons. The van der Waals surface area contributed by atoms with Gasteiger partial charge in [0.2, 0.25) is 5.91 Å². The molecule has 1 amide bonds. The zero-order chi connectivity index (χ0) is 21.5. The Morgan fingerprint density at radius 2 is 1.83 bits per heavy atom. The van der Waals surface area contributed by atoms with Gasteiger partial charge in [0.05, 0.1) is 17.7 Å². The molecule has 6 heteroatoms. The molecule has 1 fully saturated rings. The van der Waals surface area contributed by atoms with Crippen LogP contribution < -0.4 is 9.64 Å². The molecule has 1 saturated heterocycles. The highest BCUT2D eigenvalue weighted by atomic mass is 16.5. The van der Waals surface area contributed by atoms with E-state index in [4.69, 9.17) is 9.84 Å². The van der Waals surface area contributed by atoms with Crippen molar-refractivity contribution in [3.63, 3.8) is 0 Å². The molecule has 2 atom stereocenters. The van der Waals surface area contributed by atoms with Gasteiger partial charge in [0.25, 0.3) is 0 Å². The summed E-state index contributed by atoms with van der Waals surface area (Å²) in [5.41, 5.74) is 1.88. The summed E-state index contributed by atoms with van der Waals surface area (Å²) in [7, 11) is 0. The molecule has 2 aromatic carbocycles. The third kappa shape index (κ3) is 5.39. The summed E-state index contributed by atoms with van der Waals surface area (Å²) in [6.45, 7) is 2.47. The second-order valence-electron chi connectivity index (χ2n) is 7.70. The topological polar surface area (TPSA) is 87.1 Å². The van der Waals surface area contributed by atoms with Gasteiger partial charge in [-0.15, -0.1) is 0 Å². The molecule has 3 rings (SSSR count). The number of carboxylic acids is 1. The first-order valence-electron chi connectivity index (χ1n) is 10.6. The van der Waals surface area contributed by atoms with E-state index in [1.165, 1.54) is 12.1 Å². The molecule has 30 heavy (non-hydrogen) atoms. The number of aliphatic hydroxyl groups is 1. The minimum atomic E-state index is -0.979. The first-order valence-corrected chi connectivity index (χ1v) is 10.6. The molecule has 1 aliphatic heterocycles. The Hall–Kier alpha value is -2.86. The highest BCUT2D eigenvalue weighted by Gasteiger charge is 2.32. The van der Waals surface area contributed by atoms with E-state index in [2.05, 4.69) is 6.92 Å². The largest absolute Gasteiger partial charge is 0.491 e. The predicted octanol–water partition coefficient (Wildman–Crippen LogP) is 4.57. The summed E-state index contributed by atoms with van der Waals surface area (Å²) in [4.78, 5) is 25.2. The van der Waals surface area contributed by atoms with E-state index in [-0.39, 0.29) is 17.5 Å². The van der Waals surface area contributed by atoms with Crippen molar-refractivity contribution in [2.75, 3.05) is 11.5 Å². The van der Waals surface area contributed by atoms with Crippen molar-refractivity contribution in [2.45, 2.75) is 57.6 Å². The van der Waals surface area contributed by atoms with Gasteiger partial charge in [0.15, 0.2) is 0 Å². The van der Waals surface area contributed by atoms with Gasteiger partial charge in [-0.2, -0.15) is 0 Å². The third-order valence-corrected chi connectivity index (χ3v) is 5.51. The second kappa shape index (κ2) is 10.3. The summed E-state index contributed by atoms with van der Waals surface area (Å²) in [6, 6.07) is 13.7. The highest BCUT2D eigenvalue weighted by molar-refractivity contribution is 5.96. The number of amides is 1. The van der Waals surface area contributed by atoms with Crippen LogP contribution in [0.15, 0.2) is 48.5 Å². The predicted molar refractivity (Wildman–Crippen MR) is 115 cm³/mol. The molecule has 6 nitrogen and oxygen atoms in total. The monoisotopic (exact) mass is 411 g/mol. The van der Waals surface area contributed by atoms with Crippen LogP contribution in [0.2, 0.25) is 0 Å². The van der Waals surface area contributed by atoms with E-state index >= 15 is 0 Å². The van der Waals surface area contributed by atoms with Crippen LogP contribution in [-0.4, -0.2) is 34.7 Å². The molecular formula is C24H29NO5. The maximum absolute atomic E-state index is 12.5. The number of anilines is 1. The minimum absolute atomic E-state index is 0.0565. The van der Waals surface area contributed by atoms with Gasteiger partial charge in [0, 0.05) is 12.1 Å². The van der Waals surface area contributed by atoms with Crippen LogP contribution in [0.1, 0.15) is 67.5 Å². The van der Waals surface area contributed by atoms with Crippen molar-refractivity contribution in [3.8, 4) is 5.75 Å². The van der Waals surface area contributed by atoms with Crippen molar-refractivity contribution in [1.29, 1.82) is 0 Å². The van der Waals surface area contributed by atoms with E-state index < -0.39 is 12.1 Å². The van der Waals surface area contributed by atoms with E-state index in [9.17, 15) is 14.7 Å². The molecule has 0 spiro atoms. The Kier molecular flexibility index (Phi) is 7.46. The Bertz CT molecular complexity index is 847. The number of rotatable bonds is 10. The fourth-order valence-corrected chi connectivity index (χ4v) is 3.75. The van der Waals surface area contributed by atoms with Crippen LogP contribution in [0.3, 0.4) is 0 Å². The molecular weight excluding hydrogens is 382 g/mol. The second-order valence-corrected chi connectivity index (χ2v) is 7.70. The standard InChI is InChI=1S/C24H29NO5/c1-2-3-4-5-22(26)17-6-10-19(11-7-17)25-20(12-15-23(25)27)16-30-21-13-8-18(9-14-21)24(28)29/h6-11,13-14,20,22,26H,2-5,12,15-16H2,1H3,(H,28,29)/t20-,22?/m1/s1. The van der Waals surface area contributed by atoms with Crippen LogP contribution >= 0.6 is 0 Å². The average Bonchev–Trinajstić information content (AvgIpc) is 3.13. The van der Waals surface area contributed by atoms with Gasteiger partial charge >= 0.3 is 5.97 Å². The number of aromatic carboxylic acids is 1. The van der Waals surface area contributed by atoms with Crippen LogP contribution in [0, 0.1) is 0 Å². The number of benzene rings is 2. The fraction of sp³-hybridized carbons (Fsp3) is 0.417. The molecule has 2 N–H and O–H groups in total. The molecule has 0 radical (unpaired) electrons. The summed E-state index contributed by atoms with van der Waals surface area (Å²) in [6.07, 6.45) is 4.66. The lowest BCUT2D eigenvalue weighted by molar-refractivity contribution is -0.117. The van der Waals surface area contributed by atoms with Crippen molar-refractivity contribution in [3.05, 3.63) is 59.7 Å². The molecule has 1 aliphatic rings. The first kappa shape index (κ1) is 21.8. The summed E-state index contributed by atoms with van der Waals surface area (Å²) < 4.78 is 5.81. The number of carboxylic acid groups (broad SMARTS) is 1. The van der Waals surface area contributed by atoms with Gasteiger partial charge in [-0.1, -0.05) is 38.3 Å². The van der Waals surface area contributed by atoms with Crippen molar-refractivity contribution >= 4 is 17.6 Å². The highest BCUT2D eigenvalue weighted by Crippen LogP contribution is 2.29. The average molecular weight is 411 g/mol. The number of hydrogen-bond donors (Lipinski definition) is 2. The minimum Gasteiger partial charge on any atom is -0.491 e. The number of carbonyl (C=O) groups is 2. The summed E-state index contributed by atoms with van der Waals surface area (Å²) in [5, 5.41) is 19.3. The number of unbranched alkanes of at least 4 members (excludes halogenated alkanes) is 2. The lowest BCUT2D eigenvalue weighted by Crippen LogP contribution is -2.37. The summed E-state index contributed by atoms with van der Waals surface area (Å²) in [5.74, 6) is -0.348. The molecule has 0 aliphatic carbocycles. The van der Waals surface area contributed by atoms with Gasteiger partial charge in [0.1, 0.15) is 12.4 Å². The third-order valence-electron chi connectivity index (χ3n) is 5.51. The Morgan fingerprint density at radius 1 is 1.13 bits per heavy atom. The summed E-state index contributed by atoms with van der Waals surface area (Å²) >= 11 is 0. The van der Waals surface area contributed by atoms with Crippen molar-refractivity contribution in [2.24, 2.45) is 0 Å². The molecule has 0 saturated carbocycles.